The number of benzene rings is 2. The van der Waals surface area contributed by atoms with Crippen LogP contribution < -0.4 is 5.76 Å². The van der Waals surface area contributed by atoms with E-state index in [1.807, 2.05) is 24.3 Å². The van der Waals surface area contributed by atoms with E-state index in [1.54, 1.807) is 0 Å². The maximum absolute atomic E-state index is 11.5. The van der Waals surface area contributed by atoms with E-state index < -0.39 is 5.76 Å². The van der Waals surface area contributed by atoms with Gasteiger partial charge in [0.2, 0.25) is 0 Å². The molecule has 186 valence electrons. The molecule has 1 aliphatic heterocycles. The average molecular weight is 483 g/mol. The van der Waals surface area contributed by atoms with Crippen LogP contribution in [0.4, 0.5) is 0 Å². The van der Waals surface area contributed by atoms with Crippen LogP contribution in [0, 0.1) is 0 Å². The van der Waals surface area contributed by atoms with Crippen molar-refractivity contribution in [3.05, 3.63) is 88.1 Å². The van der Waals surface area contributed by atoms with E-state index in [9.17, 15) is 4.79 Å². The number of rotatable bonds is 8. The molecule has 36 heavy (non-hydrogen) atoms. The fraction of sp³-hybridized carbons (Fsp3) is 0.367. The lowest BCUT2D eigenvalue weighted by molar-refractivity contribution is 0.253. The SMILES string of the molecule is CCCCC1N=C(C)C(C2=CCCCC2)=CN1Cc1ccc(-c2ccccc2-c2noc(=O)[nH]2)cc1. The van der Waals surface area contributed by atoms with Crippen molar-refractivity contribution in [2.24, 2.45) is 4.99 Å². The Labute approximate surface area is 212 Å². The number of aromatic amines is 1. The molecule has 3 aromatic rings. The molecule has 1 atom stereocenters. The number of aliphatic imine (C=N–C) groups is 1. The lowest BCUT2D eigenvalue weighted by atomic mass is 9.91. The van der Waals surface area contributed by atoms with Crippen LogP contribution in [0.2, 0.25) is 0 Å². The molecule has 2 aromatic carbocycles. The number of nitrogens with one attached hydrogen (secondary N) is 1. The molecule has 0 radical (unpaired) electrons. The van der Waals surface area contributed by atoms with Gasteiger partial charge in [0.1, 0.15) is 6.17 Å². The van der Waals surface area contributed by atoms with Crippen molar-refractivity contribution >= 4 is 5.71 Å². The van der Waals surface area contributed by atoms with E-state index in [1.165, 1.54) is 54.5 Å². The second-order valence-corrected chi connectivity index (χ2v) is 9.71. The number of aromatic nitrogens is 2. The molecule has 6 heteroatoms. The molecule has 1 N–H and O–H groups in total. The highest BCUT2D eigenvalue weighted by Gasteiger charge is 2.24. The topological polar surface area (TPSA) is 74.5 Å². The molecule has 1 aliphatic carbocycles. The number of H-pyrrole nitrogens is 1. The minimum atomic E-state index is -0.552. The molecule has 0 amide bonds. The van der Waals surface area contributed by atoms with Gasteiger partial charge in [0.25, 0.3) is 0 Å². The summed E-state index contributed by atoms with van der Waals surface area (Å²) in [7, 11) is 0. The Bertz CT molecular complexity index is 1340. The molecule has 5 rings (SSSR count). The molecule has 2 aliphatic rings. The summed E-state index contributed by atoms with van der Waals surface area (Å²) in [5.41, 5.74) is 8.10. The third kappa shape index (κ3) is 5.27. The second kappa shape index (κ2) is 10.9. The minimum absolute atomic E-state index is 0.183. The van der Waals surface area contributed by atoms with Gasteiger partial charge in [-0.2, -0.15) is 0 Å². The molecular formula is C30H34N4O2. The maximum Gasteiger partial charge on any atom is 0.439 e. The van der Waals surface area contributed by atoms with Gasteiger partial charge in [-0.15, -0.1) is 0 Å². The van der Waals surface area contributed by atoms with Crippen molar-refractivity contribution in [1.29, 1.82) is 0 Å². The van der Waals surface area contributed by atoms with Crippen LogP contribution in [-0.2, 0) is 6.54 Å². The van der Waals surface area contributed by atoms with E-state index in [4.69, 9.17) is 9.52 Å². The Kier molecular flexibility index (Phi) is 7.31. The van der Waals surface area contributed by atoms with Crippen molar-refractivity contribution in [1.82, 2.24) is 15.0 Å². The van der Waals surface area contributed by atoms with Crippen LogP contribution in [0.1, 0.15) is 64.4 Å². The predicted octanol–water partition coefficient (Wildman–Crippen LogP) is 6.87. The van der Waals surface area contributed by atoms with Gasteiger partial charge >= 0.3 is 5.76 Å². The number of nitrogens with zero attached hydrogens (tertiary/aromatic N) is 3. The first-order valence-electron chi connectivity index (χ1n) is 13.1. The monoisotopic (exact) mass is 482 g/mol. The summed E-state index contributed by atoms with van der Waals surface area (Å²) < 4.78 is 4.72. The standard InChI is InChI=1S/C30H34N4O2/c1-3-4-14-28-31-21(2)27(23-10-6-5-7-11-23)20-34(28)19-22-15-17-24(18-16-22)25-12-8-9-13-26(25)29-32-30(35)36-33-29/h8-10,12-13,15-18,20,28H,3-7,11,14,19H2,1-2H3,(H,32,33,35). The third-order valence-electron chi connectivity index (χ3n) is 7.12. The van der Waals surface area contributed by atoms with Gasteiger partial charge in [-0.05, 0) is 67.7 Å². The van der Waals surface area contributed by atoms with Gasteiger partial charge < -0.3 is 4.90 Å². The Morgan fingerprint density at radius 2 is 1.89 bits per heavy atom. The van der Waals surface area contributed by atoms with Gasteiger partial charge in [0.05, 0.1) is 0 Å². The van der Waals surface area contributed by atoms with Gasteiger partial charge in [0, 0.05) is 29.6 Å². The van der Waals surface area contributed by atoms with Crippen LogP contribution in [0.5, 0.6) is 0 Å². The van der Waals surface area contributed by atoms with E-state index in [0.717, 1.165) is 36.1 Å². The highest BCUT2D eigenvalue weighted by atomic mass is 16.5. The smallest absolute Gasteiger partial charge is 0.351 e. The third-order valence-corrected chi connectivity index (χ3v) is 7.12. The lowest BCUT2D eigenvalue weighted by Crippen LogP contribution is -2.34. The summed E-state index contributed by atoms with van der Waals surface area (Å²) >= 11 is 0. The lowest BCUT2D eigenvalue weighted by Gasteiger charge is -2.34. The number of allylic oxidation sites excluding steroid dienone is 3. The van der Waals surface area contributed by atoms with Gasteiger partial charge in [-0.1, -0.05) is 73.1 Å². The highest BCUT2D eigenvalue weighted by molar-refractivity contribution is 6.02. The summed E-state index contributed by atoms with van der Waals surface area (Å²) in [5, 5.41) is 3.88. The first-order chi connectivity index (χ1) is 17.6. The minimum Gasteiger partial charge on any atom is -0.351 e. The second-order valence-electron chi connectivity index (χ2n) is 9.71. The van der Waals surface area contributed by atoms with Crippen molar-refractivity contribution in [2.45, 2.75) is 71.5 Å². The van der Waals surface area contributed by atoms with Crippen molar-refractivity contribution in [3.8, 4) is 22.5 Å². The molecule has 0 spiro atoms. The van der Waals surface area contributed by atoms with Crippen LogP contribution in [-0.4, -0.2) is 26.9 Å². The Morgan fingerprint density at radius 1 is 1.08 bits per heavy atom. The van der Waals surface area contributed by atoms with Crippen LogP contribution in [0.25, 0.3) is 22.5 Å². The van der Waals surface area contributed by atoms with Crippen molar-refractivity contribution < 1.29 is 4.52 Å². The molecule has 0 saturated heterocycles. The molecule has 6 nitrogen and oxygen atoms in total. The summed E-state index contributed by atoms with van der Waals surface area (Å²) in [6.07, 6.45) is 13.2. The summed E-state index contributed by atoms with van der Waals surface area (Å²) in [4.78, 5) is 21.7. The maximum atomic E-state index is 11.5. The highest BCUT2D eigenvalue weighted by Crippen LogP contribution is 2.32. The fourth-order valence-electron chi connectivity index (χ4n) is 5.17. The predicted molar refractivity (Wildman–Crippen MR) is 145 cm³/mol. The molecule has 1 aromatic heterocycles. The summed E-state index contributed by atoms with van der Waals surface area (Å²) in [6.45, 7) is 5.23. The number of unbranched alkanes of at least 4 members (excludes halogenated alkanes) is 1. The molecule has 1 unspecified atom stereocenters. The van der Waals surface area contributed by atoms with Gasteiger partial charge in [-0.3, -0.25) is 14.5 Å². The average Bonchev–Trinajstić information content (AvgIpc) is 3.35. The normalized spacial score (nSPS) is 18.0. The molecule has 2 heterocycles. The van der Waals surface area contributed by atoms with Crippen molar-refractivity contribution in [2.75, 3.05) is 0 Å². The number of hydrogen-bond acceptors (Lipinski definition) is 5. The Morgan fingerprint density at radius 3 is 2.58 bits per heavy atom. The zero-order valence-corrected chi connectivity index (χ0v) is 21.2. The van der Waals surface area contributed by atoms with Gasteiger partial charge in [-0.25, -0.2) is 4.79 Å². The van der Waals surface area contributed by atoms with Gasteiger partial charge in [0.15, 0.2) is 5.82 Å². The summed E-state index contributed by atoms with van der Waals surface area (Å²) in [6, 6.07) is 16.5. The largest absolute Gasteiger partial charge is 0.439 e. The van der Waals surface area contributed by atoms with Crippen LogP contribution in [0.15, 0.2) is 86.3 Å². The van der Waals surface area contributed by atoms with Crippen LogP contribution >= 0.6 is 0 Å². The zero-order chi connectivity index (χ0) is 24.9. The quantitative estimate of drug-likeness (QED) is 0.380. The van der Waals surface area contributed by atoms with Crippen molar-refractivity contribution in [3.63, 3.8) is 0 Å². The first kappa shape index (κ1) is 24.0. The van der Waals surface area contributed by atoms with E-state index in [-0.39, 0.29) is 6.17 Å². The number of hydrogen-bond donors (Lipinski definition) is 1. The first-order valence-corrected chi connectivity index (χ1v) is 13.1. The molecular weight excluding hydrogens is 448 g/mol. The molecule has 0 bridgehead atoms. The molecule has 0 fully saturated rings. The Balaban J connectivity index is 1.40. The van der Waals surface area contributed by atoms with Crippen LogP contribution in [0.3, 0.4) is 0 Å². The molecule has 0 saturated carbocycles. The van der Waals surface area contributed by atoms with E-state index in [2.05, 4.69) is 65.4 Å². The zero-order valence-electron chi connectivity index (χ0n) is 21.2. The fourth-order valence-corrected chi connectivity index (χ4v) is 5.17. The summed E-state index contributed by atoms with van der Waals surface area (Å²) in [5.74, 6) is -0.113. The van der Waals surface area contributed by atoms with E-state index >= 15 is 0 Å². The van der Waals surface area contributed by atoms with E-state index in [0.29, 0.717) is 5.82 Å². The Hall–Kier alpha value is -3.67.